The van der Waals surface area contributed by atoms with E-state index in [4.69, 9.17) is 0 Å². The van der Waals surface area contributed by atoms with Gasteiger partial charge in [0.2, 0.25) is 5.88 Å². The number of imide groups is 2. The number of carbonyl (C=O) groups excluding carboxylic acids is 5. The fourth-order valence-corrected chi connectivity index (χ4v) is 4.76. The molecule has 2 aromatic carbocycles. The summed E-state index contributed by atoms with van der Waals surface area (Å²) in [6, 6.07) is 13.7. The number of nitrogens with zero attached hydrogens (tertiary/aromatic N) is 3. The first-order valence-electron chi connectivity index (χ1n) is 14.7. The Balaban J connectivity index is 1.54. The number of hydrogen-bond acceptors (Lipinski definition) is 11. The van der Waals surface area contributed by atoms with Gasteiger partial charge in [-0.2, -0.15) is 0 Å². The summed E-state index contributed by atoms with van der Waals surface area (Å²) in [5.41, 5.74) is -1.28. The molecule has 17 nitrogen and oxygen atoms in total. The van der Waals surface area contributed by atoms with Crippen molar-refractivity contribution in [3.05, 3.63) is 129 Å². The zero-order valence-corrected chi connectivity index (χ0v) is 26.7. The van der Waals surface area contributed by atoms with Crippen molar-refractivity contribution in [2.75, 3.05) is 29.8 Å². The highest BCUT2D eigenvalue weighted by Crippen LogP contribution is 2.26. The monoisotopic (exact) mass is 693 g/mol. The summed E-state index contributed by atoms with van der Waals surface area (Å²) in [6.07, 6.45) is 6.52. The number of ether oxygens (including phenoxy) is 2. The van der Waals surface area contributed by atoms with Crippen molar-refractivity contribution in [3.8, 4) is 11.6 Å². The standard InChI is InChI=1S/C34H27N7O10/c1-50-33(48)36-21-5-3-7-23(17-21)40-29(44)25(27(42)38-31(40)46)11-9-19(20-13-15-35-16-14-20)10-12-26-28(43)39-32(47)41(30(26)45)24-8-4-6-22(18-24)37-34(49)51-2/h3-18,44H,1-2H3,(H,36,48)(H,37,49)(H,38,42,46)(H,39,43,47). The molecule has 0 atom stereocenters. The smallest absolute Gasteiger partial charge is 0.411 e. The number of hydrogen-bond donors (Lipinski definition) is 5. The van der Waals surface area contributed by atoms with Gasteiger partial charge < -0.3 is 14.6 Å². The minimum atomic E-state index is -1.02. The van der Waals surface area contributed by atoms with E-state index in [1.165, 1.54) is 99.4 Å². The average molecular weight is 694 g/mol. The van der Waals surface area contributed by atoms with E-state index >= 15 is 0 Å². The average Bonchev–Trinajstić information content (AvgIpc) is 3.10. The number of aromatic amines is 1. The highest BCUT2D eigenvalue weighted by atomic mass is 16.5. The van der Waals surface area contributed by atoms with Gasteiger partial charge in [0.15, 0.2) is 0 Å². The predicted molar refractivity (Wildman–Crippen MR) is 183 cm³/mol. The number of benzene rings is 2. The van der Waals surface area contributed by atoms with Crippen LogP contribution < -0.4 is 32.1 Å². The molecule has 0 aliphatic carbocycles. The van der Waals surface area contributed by atoms with Gasteiger partial charge in [0.1, 0.15) is 11.1 Å². The molecular formula is C34H27N7O10. The van der Waals surface area contributed by atoms with E-state index < -0.39 is 52.7 Å². The van der Waals surface area contributed by atoms with Crippen LogP contribution >= 0.6 is 0 Å². The number of carbonyl (C=O) groups is 5. The zero-order valence-electron chi connectivity index (χ0n) is 26.7. The summed E-state index contributed by atoms with van der Waals surface area (Å²) in [5.74, 6) is -2.69. The molecular weight excluding hydrogens is 666 g/mol. The van der Waals surface area contributed by atoms with E-state index in [0.717, 1.165) is 4.57 Å². The minimum Gasteiger partial charge on any atom is -0.494 e. The molecule has 5 rings (SSSR count). The number of anilines is 3. The largest absolute Gasteiger partial charge is 0.494 e. The number of urea groups is 1. The lowest BCUT2D eigenvalue weighted by molar-refractivity contribution is -0.122. The van der Waals surface area contributed by atoms with Crippen molar-refractivity contribution >= 4 is 58.7 Å². The van der Waals surface area contributed by atoms with Crippen LogP contribution in [0.1, 0.15) is 11.1 Å². The molecule has 0 bridgehead atoms. The molecule has 51 heavy (non-hydrogen) atoms. The quantitative estimate of drug-likeness (QED) is 0.102. The highest BCUT2D eigenvalue weighted by molar-refractivity contribution is 6.37. The molecule has 258 valence electrons. The molecule has 0 spiro atoms. The van der Waals surface area contributed by atoms with E-state index in [-0.39, 0.29) is 28.3 Å². The van der Waals surface area contributed by atoms with Crippen molar-refractivity contribution in [1.29, 1.82) is 0 Å². The molecule has 0 radical (unpaired) electrons. The Hall–Kier alpha value is -7.56. The predicted octanol–water partition coefficient (Wildman–Crippen LogP) is 3.29. The molecule has 1 fully saturated rings. The molecule has 1 saturated heterocycles. The molecule has 0 saturated carbocycles. The van der Waals surface area contributed by atoms with Crippen LogP contribution in [0.2, 0.25) is 0 Å². The van der Waals surface area contributed by atoms with Gasteiger partial charge in [-0.25, -0.2) is 28.6 Å². The van der Waals surface area contributed by atoms with Crippen LogP contribution in [0, 0.1) is 0 Å². The second-order valence-corrected chi connectivity index (χ2v) is 10.3. The third kappa shape index (κ3) is 7.78. The molecule has 3 heterocycles. The van der Waals surface area contributed by atoms with Crippen molar-refractivity contribution in [2.24, 2.45) is 0 Å². The third-order valence-corrected chi connectivity index (χ3v) is 7.17. The van der Waals surface area contributed by atoms with Crippen molar-refractivity contribution < 1.29 is 38.6 Å². The number of rotatable bonds is 8. The minimum absolute atomic E-state index is 0.0412. The maximum Gasteiger partial charge on any atom is 0.411 e. The molecule has 1 aliphatic heterocycles. The Bertz CT molecular complexity index is 2270. The molecule has 4 aromatic rings. The summed E-state index contributed by atoms with van der Waals surface area (Å²) in [7, 11) is 2.34. The SMILES string of the molecule is COC(=O)Nc1cccc(N2C(=O)NC(=O)C(=CC=C(C=Cc3c(O)n(-c4cccc(NC(=O)OC)c4)c(=O)[nH]c3=O)c3ccncc3)C2=O)c1. The summed E-state index contributed by atoms with van der Waals surface area (Å²) < 4.78 is 9.96. The number of amides is 6. The summed E-state index contributed by atoms with van der Waals surface area (Å²) in [6.45, 7) is 0. The van der Waals surface area contributed by atoms with E-state index in [1.54, 1.807) is 12.1 Å². The van der Waals surface area contributed by atoms with Crippen LogP contribution in [0.4, 0.5) is 31.4 Å². The van der Waals surface area contributed by atoms with Gasteiger partial charge in [-0.15, -0.1) is 0 Å². The molecule has 1 aliphatic rings. The first kappa shape index (κ1) is 34.8. The van der Waals surface area contributed by atoms with E-state index in [0.29, 0.717) is 16.0 Å². The number of pyridine rings is 1. The van der Waals surface area contributed by atoms with Gasteiger partial charge in [0.25, 0.3) is 17.4 Å². The maximum atomic E-state index is 13.5. The summed E-state index contributed by atoms with van der Waals surface area (Å²) in [4.78, 5) is 95.0. The Labute approximate surface area is 287 Å². The van der Waals surface area contributed by atoms with Gasteiger partial charge in [-0.05, 0) is 71.8 Å². The molecule has 2 aromatic heterocycles. The van der Waals surface area contributed by atoms with Crippen LogP contribution in [0.3, 0.4) is 0 Å². The zero-order chi connectivity index (χ0) is 36.7. The fraction of sp³-hybridized carbons (Fsp3) is 0.0588. The van der Waals surface area contributed by atoms with Crippen molar-refractivity contribution in [1.82, 2.24) is 19.9 Å². The third-order valence-electron chi connectivity index (χ3n) is 7.17. The van der Waals surface area contributed by atoms with Gasteiger partial charge in [0.05, 0.1) is 25.6 Å². The van der Waals surface area contributed by atoms with Gasteiger partial charge >= 0.3 is 23.9 Å². The first-order chi connectivity index (χ1) is 24.5. The number of barbiturate groups is 1. The highest BCUT2D eigenvalue weighted by Gasteiger charge is 2.36. The second kappa shape index (κ2) is 15.1. The van der Waals surface area contributed by atoms with Crippen molar-refractivity contribution in [2.45, 2.75) is 0 Å². The fourth-order valence-electron chi connectivity index (χ4n) is 4.76. The molecule has 6 amide bonds. The van der Waals surface area contributed by atoms with E-state index in [9.17, 15) is 38.7 Å². The summed E-state index contributed by atoms with van der Waals surface area (Å²) >= 11 is 0. The summed E-state index contributed by atoms with van der Waals surface area (Å²) in [5, 5.41) is 18.1. The number of aromatic nitrogens is 3. The Morgan fingerprint density at radius 2 is 1.47 bits per heavy atom. The van der Waals surface area contributed by atoms with E-state index in [1.807, 2.05) is 0 Å². The lowest BCUT2D eigenvalue weighted by Gasteiger charge is -2.26. The first-order valence-corrected chi connectivity index (χ1v) is 14.7. The van der Waals surface area contributed by atoms with Crippen LogP contribution in [0.25, 0.3) is 17.3 Å². The normalized spacial score (nSPS) is 14.0. The van der Waals surface area contributed by atoms with Crippen LogP contribution in [-0.2, 0) is 19.1 Å². The Kier molecular flexibility index (Phi) is 10.3. The van der Waals surface area contributed by atoms with Crippen LogP contribution in [0.5, 0.6) is 5.88 Å². The number of H-pyrrole nitrogens is 1. The number of methoxy groups -OCH3 is 2. The maximum absolute atomic E-state index is 13.5. The van der Waals surface area contributed by atoms with Crippen molar-refractivity contribution in [3.63, 3.8) is 0 Å². The van der Waals surface area contributed by atoms with Gasteiger partial charge in [-0.1, -0.05) is 24.3 Å². The second-order valence-electron chi connectivity index (χ2n) is 10.3. The molecule has 5 N–H and O–H groups in total. The molecule has 17 heteroatoms. The van der Waals surface area contributed by atoms with E-state index in [2.05, 4.69) is 35.4 Å². The topological polar surface area (TPSA) is 231 Å². The van der Waals surface area contributed by atoms with Gasteiger partial charge in [-0.3, -0.25) is 40.3 Å². The Morgan fingerprint density at radius 1 is 0.863 bits per heavy atom. The lowest BCUT2D eigenvalue weighted by atomic mass is 10.0. The van der Waals surface area contributed by atoms with Crippen LogP contribution in [0.15, 0.2) is 106 Å². The van der Waals surface area contributed by atoms with Crippen LogP contribution in [-0.4, -0.2) is 63.9 Å². The van der Waals surface area contributed by atoms with Gasteiger partial charge in [0, 0.05) is 23.8 Å². The lowest BCUT2D eigenvalue weighted by Crippen LogP contribution is -2.54. The number of nitrogens with one attached hydrogen (secondary N) is 4. The molecule has 0 unspecified atom stereocenters. The number of aromatic hydroxyl groups is 1. The number of allylic oxidation sites excluding steroid dienone is 4. The Morgan fingerprint density at radius 3 is 2.10 bits per heavy atom.